The van der Waals surface area contributed by atoms with E-state index in [9.17, 15) is 4.79 Å². The van der Waals surface area contributed by atoms with Crippen LogP contribution in [0.25, 0.3) is 0 Å². The summed E-state index contributed by atoms with van der Waals surface area (Å²) in [4.78, 5) is 11.3. The number of carbonyl (C=O) groups excluding carboxylic acids is 1. The predicted octanol–water partition coefficient (Wildman–Crippen LogP) is 0.969. The van der Waals surface area contributed by atoms with E-state index in [4.69, 9.17) is 10.5 Å². The maximum absolute atomic E-state index is 11.3. The molecule has 0 atom stereocenters. The highest BCUT2D eigenvalue weighted by atomic mass is 16.5. The molecule has 0 unspecified atom stereocenters. The summed E-state index contributed by atoms with van der Waals surface area (Å²) in [5, 5.41) is 2.68. The van der Waals surface area contributed by atoms with Crippen LogP contribution in [0, 0.1) is 6.92 Å². The van der Waals surface area contributed by atoms with Crippen molar-refractivity contribution >= 4 is 5.91 Å². The molecule has 16 heavy (non-hydrogen) atoms. The Balaban J connectivity index is 2.69. The Morgan fingerprint density at radius 2 is 2.25 bits per heavy atom. The molecule has 4 nitrogen and oxygen atoms in total. The molecule has 0 radical (unpaired) electrons. The number of benzene rings is 1. The molecule has 0 fully saturated rings. The Bertz CT molecular complexity index is 364. The minimum absolute atomic E-state index is 0.0334. The highest BCUT2D eigenvalue weighted by Gasteiger charge is 2.07. The first-order chi connectivity index (χ1) is 7.69. The average Bonchev–Trinajstić information content (AvgIpc) is 2.27. The van der Waals surface area contributed by atoms with Crippen LogP contribution in [0.15, 0.2) is 18.2 Å². The number of nitrogens with one attached hydrogen (secondary N) is 1. The van der Waals surface area contributed by atoms with Crippen molar-refractivity contribution in [3.8, 4) is 5.75 Å². The number of ether oxygens (including phenoxy) is 1. The minimum atomic E-state index is -0.117. The van der Waals surface area contributed by atoms with E-state index in [-0.39, 0.29) is 12.5 Å². The van der Waals surface area contributed by atoms with E-state index in [1.807, 2.05) is 32.0 Å². The fourth-order valence-corrected chi connectivity index (χ4v) is 1.47. The van der Waals surface area contributed by atoms with Gasteiger partial charge in [-0.2, -0.15) is 0 Å². The molecule has 0 aliphatic rings. The van der Waals surface area contributed by atoms with Crippen molar-refractivity contribution in [2.24, 2.45) is 5.73 Å². The second-order valence-electron chi connectivity index (χ2n) is 3.51. The molecule has 0 aromatic heterocycles. The molecule has 88 valence electrons. The number of nitrogens with two attached hydrogens (primary N) is 1. The molecule has 1 amide bonds. The van der Waals surface area contributed by atoms with Crippen LogP contribution in [0.4, 0.5) is 0 Å². The van der Waals surface area contributed by atoms with Crippen LogP contribution in [0.3, 0.4) is 0 Å². The third-order valence-corrected chi connectivity index (χ3v) is 2.23. The molecule has 0 saturated carbocycles. The van der Waals surface area contributed by atoms with Crippen molar-refractivity contribution < 1.29 is 9.53 Å². The van der Waals surface area contributed by atoms with Crippen LogP contribution >= 0.6 is 0 Å². The van der Waals surface area contributed by atoms with Crippen LogP contribution < -0.4 is 15.8 Å². The van der Waals surface area contributed by atoms with Gasteiger partial charge in [0, 0.05) is 18.7 Å². The Morgan fingerprint density at radius 1 is 1.50 bits per heavy atom. The van der Waals surface area contributed by atoms with Gasteiger partial charge in [0.1, 0.15) is 5.75 Å². The van der Waals surface area contributed by atoms with Gasteiger partial charge in [-0.05, 0) is 19.4 Å². The number of para-hydroxylation sites is 1. The fourth-order valence-electron chi connectivity index (χ4n) is 1.47. The Morgan fingerprint density at radius 3 is 2.88 bits per heavy atom. The lowest BCUT2D eigenvalue weighted by Gasteiger charge is -2.12. The van der Waals surface area contributed by atoms with Crippen molar-refractivity contribution in [1.82, 2.24) is 5.32 Å². The molecule has 1 aromatic rings. The molecule has 0 heterocycles. The van der Waals surface area contributed by atoms with E-state index in [1.54, 1.807) is 0 Å². The first kappa shape index (κ1) is 12.5. The van der Waals surface area contributed by atoms with Crippen LogP contribution in [-0.4, -0.2) is 19.1 Å². The van der Waals surface area contributed by atoms with Gasteiger partial charge < -0.3 is 15.8 Å². The van der Waals surface area contributed by atoms with Gasteiger partial charge in [0.25, 0.3) is 5.91 Å². The summed E-state index contributed by atoms with van der Waals surface area (Å²) < 4.78 is 5.48. The van der Waals surface area contributed by atoms with Gasteiger partial charge in [-0.25, -0.2) is 0 Å². The zero-order valence-corrected chi connectivity index (χ0v) is 9.75. The minimum Gasteiger partial charge on any atom is -0.483 e. The summed E-state index contributed by atoms with van der Waals surface area (Å²) >= 11 is 0. The van der Waals surface area contributed by atoms with Gasteiger partial charge in [-0.3, -0.25) is 4.79 Å². The van der Waals surface area contributed by atoms with Crippen molar-refractivity contribution in [2.75, 3.05) is 13.2 Å². The third kappa shape index (κ3) is 3.24. The van der Waals surface area contributed by atoms with E-state index in [1.165, 1.54) is 0 Å². The third-order valence-electron chi connectivity index (χ3n) is 2.23. The first-order valence-electron chi connectivity index (χ1n) is 5.37. The summed E-state index contributed by atoms with van der Waals surface area (Å²) in [6.07, 6.45) is 0. The number of hydrogen-bond acceptors (Lipinski definition) is 3. The van der Waals surface area contributed by atoms with Crippen LogP contribution in [0.1, 0.15) is 18.1 Å². The lowest BCUT2D eigenvalue weighted by molar-refractivity contribution is -0.123. The number of carbonyl (C=O) groups is 1. The molecule has 0 saturated heterocycles. The van der Waals surface area contributed by atoms with E-state index < -0.39 is 0 Å². The zero-order chi connectivity index (χ0) is 12.0. The van der Waals surface area contributed by atoms with Gasteiger partial charge >= 0.3 is 0 Å². The normalized spacial score (nSPS) is 9.94. The summed E-state index contributed by atoms with van der Waals surface area (Å²) in [6, 6.07) is 5.77. The number of likely N-dealkylation sites (N-methyl/N-ethyl adjacent to an activating group) is 1. The second-order valence-corrected chi connectivity index (χ2v) is 3.51. The smallest absolute Gasteiger partial charge is 0.257 e. The quantitative estimate of drug-likeness (QED) is 0.780. The van der Waals surface area contributed by atoms with Gasteiger partial charge in [0.2, 0.25) is 0 Å². The van der Waals surface area contributed by atoms with Crippen LogP contribution in [-0.2, 0) is 11.3 Å². The molecule has 4 heteroatoms. The maximum atomic E-state index is 11.3. The molecule has 0 bridgehead atoms. The molecule has 0 aliphatic heterocycles. The van der Waals surface area contributed by atoms with Crippen molar-refractivity contribution in [2.45, 2.75) is 20.4 Å². The van der Waals surface area contributed by atoms with E-state index in [0.717, 1.165) is 16.9 Å². The highest BCUT2D eigenvalue weighted by Crippen LogP contribution is 2.22. The zero-order valence-electron chi connectivity index (χ0n) is 9.75. The van der Waals surface area contributed by atoms with E-state index >= 15 is 0 Å². The molecule has 0 aliphatic carbocycles. The van der Waals surface area contributed by atoms with Crippen molar-refractivity contribution in [3.05, 3.63) is 29.3 Å². The Labute approximate surface area is 95.8 Å². The second kappa shape index (κ2) is 6.12. The van der Waals surface area contributed by atoms with Gasteiger partial charge in [0.15, 0.2) is 6.61 Å². The Hall–Kier alpha value is -1.55. The largest absolute Gasteiger partial charge is 0.483 e. The summed E-state index contributed by atoms with van der Waals surface area (Å²) in [5.74, 6) is 0.602. The van der Waals surface area contributed by atoms with Crippen LogP contribution in [0.5, 0.6) is 5.75 Å². The molecule has 1 rings (SSSR count). The monoisotopic (exact) mass is 222 g/mol. The number of amides is 1. The maximum Gasteiger partial charge on any atom is 0.257 e. The lowest BCUT2D eigenvalue weighted by atomic mass is 10.1. The number of hydrogen-bond donors (Lipinski definition) is 2. The fraction of sp³-hybridized carbons (Fsp3) is 0.417. The standard InChI is InChI=1S/C12H18N2O2/c1-3-14-11(15)8-16-12-9(2)5-4-6-10(12)7-13/h4-6H,3,7-8,13H2,1-2H3,(H,14,15). The SMILES string of the molecule is CCNC(=O)COc1c(C)cccc1CN. The van der Waals surface area contributed by atoms with Gasteiger partial charge in [-0.15, -0.1) is 0 Å². The number of rotatable bonds is 5. The molecular weight excluding hydrogens is 204 g/mol. The highest BCUT2D eigenvalue weighted by molar-refractivity contribution is 5.77. The predicted molar refractivity (Wildman–Crippen MR) is 63.2 cm³/mol. The first-order valence-corrected chi connectivity index (χ1v) is 5.37. The van der Waals surface area contributed by atoms with Crippen molar-refractivity contribution in [1.29, 1.82) is 0 Å². The van der Waals surface area contributed by atoms with E-state index in [2.05, 4.69) is 5.32 Å². The summed E-state index contributed by atoms with van der Waals surface area (Å²) in [5.41, 5.74) is 7.52. The topological polar surface area (TPSA) is 64.3 Å². The van der Waals surface area contributed by atoms with Gasteiger partial charge in [0.05, 0.1) is 0 Å². The van der Waals surface area contributed by atoms with E-state index in [0.29, 0.717) is 13.1 Å². The summed E-state index contributed by atoms with van der Waals surface area (Å²) in [7, 11) is 0. The Kier molecular flexibility index (Phi) is 4.79. The van der Waals surface area contributed by atoms with Crippen LogP contribution in [0.2, 0.25) is 0 Å². The van der Waals surface area contributed by atoms with Gasteiger partial charge in [-0.1, -0.05) is 18.2 Å². The molecule has 3 N–H and O–H groups in total. The van der Waals surface area contributed by atoms with Crippen molar-refractivity contribution in [3.63, 3.8) is 0 Å². The number of aryl methyl sites for hydroxylation is 1. The molecule has 1 aromatic carbocycles. The summed E-state index contributed by atoms with van der Waals surface area (Å²) in [6.45, 7) is 4.86. The molecular formula is C12H18N2O2. The lowest BCUT2D eigenvalue weighted by Crippen LogP contribution is -2.28. The molecule has 0 spiro atoms. The average molecular weight is 222 g/mol.